The fourth-order valence-electron chi connectivity index (χ4n) is 1.88. The summed E-state index contributed by atoms with van der Waals surface area (Å²) in [7, 11) is 0. The molecule has 92 valence electrons. The number of hydrogen-bond acceptors (Lipinski definition) is 5. The van der Waals surface area contributed by atoms with E-state index in [1.807, 2.05) is 12.1 Å². The summed E-state index contributed by atoms with van der Waals surface area (Å²) < 4.78 is 0. The molecule has 1 fully saturated rings. The molecule has 4 N–H and O–H groups in total. The molecule has 0 bridgehead atoms. The second-order valence-corrected chi connectivity index (χ2v) is 4.07. The number of rotatable bonds is 3. The minimum absolute atomic E-state index is 0.0793. The van der Waals surface area contributed by atoms with Crippen LogP contribution in [-0.4, -0.2) is 35.4 Å². The summed E-state index contributed by atoms with van der Waals surface area (Å²) in [6, 6.07) is 5.64. The van der Waals surface area contributed by atoms with Crippen LogP contribution in [0.3, 0.4) is 0 Å². The number of pyridine rings is 1. The fraction of sp³-hybridized carbons (Fsp3) is 0.455. The monoisotopic (exact) mass is 235 g/mol. The summed E-state index contributed by atoms with van der Waals surface area (Å²) in [6.45, 7) is 2.76. The summed E-state index contributed by atoms with van der Waals surface area (Å²) >= 11 is 0. The van der Waals surface area contributed by atoms with E-state index in [1.54, 1.807) is 6.07 Å². The molecule has 0 atom stereocenters. The van der Waals surface area contributed by atoms with Gasteiger partial charge in [0.25, 0.3) is 0 Å². The number of carbonyl (C=O) groups is 1. The first kappa shape index (κ1) is 11.8. The Bertz CT molecular complexity index is 395. The Balaban J connectivity index is 2.00. The van der Waals surface area contributed by atoms with Crippen molar-refractivity contribution in [1.82, 2.24) is 15.2 Å². The van der Waals surface area contributed by atoms with Gasteiger partial charge in [-0.3, -0.25) is 9.69 Å². The van der Waals surface area contributed by atoms with Gasteiger partial charge >= 0.3 is 0 Å². The molecule has 1 aromatic rings. The molecule has 1 aliphatic heterocycles. The van der Waals surface area contributed by atoms with Gasteiger partial charge in [0.15, 0.2) is 0 Å². The highest BCUT2D eigenvalue weighted by Gasteiger charge is 2.14. The predicted octanol–water partition coefficient (Wildman–Crippen LogP) is -0.311. The second-order valence-electron chi connectivity index (χ2n) is 4.07. The maximum atomic E-state index is 11.4. The third-order valence-electron chi connectivity index (χ3n) is 2.68. The Morgan fingerprint density at radius 2 is 2.41 bits per heavy atom. The quantitative estimate of drug-likeness (QED) is 0.494. The van der Waals surface area contributed by atoms with E-state index in [1.165, 1.54) is 0 Å². The molecule has 0 saturated carbocycles. The van der Waals surface area contributed by atoms with Crippen LogP contribution >= 0.6 is 0 Å². The normalized spacial score (nSPS) is 17.4. The average Bonchev–Trinajstić information content (AvgIpc) is 2.54. The van der Waals surface area contributed by atoms with E-state index in [9.17, 15) is 4.79 Å². The molecule has 2 heterocycles. The van der Waals surface area contributed by atoms with E-state index in [0.29, 0.717) is 18.9 Å². The van der Waals surface area contributed by atoms with Crippen molar-refractivity contribution >= 4 is 11.7 Å². The van der Waals surface area contributed by atoms with E-state index in [2.05, 4.69) is 20.6 Å². The van der Waals surface area contributed by atoms with Gasteiger partial charge in [0.2, 0.25) is 5.91 Å². The van der Waals surface area contributed by atoms with Gasteiger partial charge in [-0.25, -0.2) is 10.8 Å². The Kier molecular flexibility index (Phi) is 3.89. The smallest absolute Gasteiger partial charge is 0.234 e. The zero-order valence-corrected chi connectivity index (χ0v) is 9.65. The average molecular weight is 235 g/mol. The molecular formula is C11H17N5O. The second kappa shape index (κ2) is 5.60. The first-order valence-electron chi connectivity index (χ1n) is 5.69. The number of hydrazine groups is 1. The summed E-state index contributed by atoms with van der Waals surface area (Å²) in [4.78, 5) is 17.8. The van der Waals surface area contributed by atoms with Crippen LogP contribution in [0.15, 0.2) is 18.2 Å². The van der Waals surface area contributed by atoms with Gasteiger partial charge in [-0.2, -0.15) is 0 Å². The third kappa shape index (κ3) is 3.40. The van der Waals surface area contributed by atoms with Crippen molar-refractivity contribution in [3.8, 4) is 0 Å². The number of aromatic nitrogens is 1. The minimum atomic E-state index is 0.0793. The lowest BCUT2D eigenvalue weighted by molar-refractivity contribution is -0.121. The number of nitrogen functional groups attached to an aromatic ring is 1. The van der Waals surface area contributed by atoms with Crippen LogP contribution in [0.2, 0.25) is 0 Å². The molecule has 0 aromatic carbocycles. The van der Waals surface area contributed by atoms with Crippen molar-refractivity contribution in [2.45, 2.75) is 13.0 Å². The van der Waals surface area contributed by atoms with Crippen LogP contribution in [0.25, 0.3) is 0 Å². The van der Waals surface area contributed by atoms with Gasteiger partial charge in [0.05, 0.1) is 12.2 Å². The lowest BCUT2D eigenvalue weighted by atomic mass is 10.3. The van der Waals surface area contributed by atoms with Crippen LogP contribution in [0.4, 0.5) is 5.82 Å². The van der Waals surface area contributed by atoms with Gasteiger partial charge in [-0.15, -0.1) is 0 Å². The Hall–Kier alpha value is -1.66. The number of nitrogens with one attached hydrogen (secondary N) is 2. The highest BCUT2D eigenvalue weighted by molar-refractivity contribution is 5.78. The van der Waals surface area contributed by atoms with E-state index < -0.39 is 0 Å². The van der Waals surface area contributed by atoms with Crippen molar-refractivity contribution in [2.75, 3.05) is 25.1 Å². The number of nitrogens with two attached hydrogens (primary N) is 1. The minimum Gasteiger partial charge on any atom is -0.355 e. The Labute approximate surface area is 100 Å². The maximum Gasteiger partial charge on any atom is 0.234 e. The van der Waals surface area contributed by atoms with Crippen LogP contribution in [0, 0.1) is 0 Å². The largest absolute Gasteiger partial charge is 0.355 e. The van der Waals surface area contributed by atoms with Crippen LogP contribution in [0.1, 0.15) is 12.1 Å². The first-order valence-corrected chi connectivity index (χ1v) is 5.69. The summed E-state index contributed by atoms with van der Waals surface area (Å²) in [5.41, 5.74) is 3.43. The summed E-state index contributed by atoms with van der Waals surface area (Å²) in [5, 5.41) is 2.85. The molecular weight excluding hydrogens is 218 g/mol. The van der Waals surface area contributed by atoms with Gasteiger partial charge < -0.3 is 10.7 Å². The fourth-order valence-corrected chi connectivity index (χ4v) is 1.88. The topological polar surface area (TPSA) is 83.3 Å². The standard InChI is InChI=1S/C11H17N5O/c12-15-10-4-1-3-9(14-10)7-16-6-2-5-13-11(17)8-16/h1,3-4H,2,5-8,12H2,(H,13,17)(H,14,15). The summed E-state index contributed by atoms with van der Waals surface area (Å²) in [6.07, 6.45) is 0.973. The molecule has 1 saturated heterocycles. The predicted molar refractivity (Wildman–Crippen MR) is 65.0 cm³/mol. The van der Waals surface area contributed by atoms with Gasteiger partial charge in [0.1, 0.15) is 5.82 Å². The Morgan fingerprint density at radius 3 is 3.24 bits per heavy atom. The molecule has 0 unspecified atom stereocenters. The van der Waals surface area contributed by atoms with Crippen molar-refractivity contribution in [3.05, 3.63) is 23.9 Å². The lowest BCUT2D eigenvalue weighted by Gasteiger charge is -2.17. The van der Waals surface area contributed by atoms with E-state index in [0.717, 1.165) is 25.2 Å². The lowest BCUT2D eigenvalue weighted by Crippen LogP contribution is -2.32. The summed E-state index contributed by atoms with van der Waals surface area (Å²) in [5.74, 6) is 6.03. The van der Waals surface area contributed by atoms with E-state index >= 15 is 0 Å². The maximum absolute atomic E-state index is 11.4. The number of amides is 1. The molecule has 1 aromatic heterocycles. The molecule has 1 amide bonds. The molecule has 2 rings (SSSR count). The van der Waals surface area contributed by atoms with Gasteiger partial charge in [0, 0.05) is 19.6 Å². The highest BCUT2D eigenvalue weighted by Crippen LogP contribution is 2.07. The van der Waals surface area contributed by atoms with E-state index in [-0.39, 0.29) is 5.91 Å². The van der Waals surface area contributed by atoms with Crippen LogP contribution in [-0.2, 0) is 11.3 Å². The molecule has 0 radical (unpaired) electrons. The zero-order valence-electron chi connectivity index (χ0n) is 9.65. The van der Waals surface area contributed by atoms with Gasteiger partial charge in [-0.05, 0) is 18.6 Å². The molecule has 0 aliphatic carbocycles. The Morgan fingerprint density at radius 1 is 1.53 bits per heavy atom. The van der Waals surface area contributed by atoms with Crippen molar-refractivity contribution in [3.63, 3.8) is 0 Å². The number of anilines is 1. The molecule has 6 nitrogen and oxygen atoms in total. The number of carbonyl (C=O) groups excluding carboxylic acids is 1. The van der Waals surface area contributed by atoms with Crippen LogP contribution in [0.5, 0.6) is 0 Å². The number of hydrogen-bond donors (Lipinski definition) is 3. The van der Waals surface area contributed by atoms with Crippen molar-refractivity contribution in [2.24, 2.45) is 5.84 Å². The molecule has 1 aliphatic rings. The molecule has 17 heavy (non-hydrogen) atoms. The first-order chi connectivity index (χ1) is 8.28. The SMILES string of the molecule is NNc1cccc(CN2CCCNC(=O)C2)n1. The zero-order chi connectivity index (χ0) is 12.1. The molecule has 6 heteroatoms. The van der Waals surface area contributed by atoms with Crippen molar-refractivity contribution < 1.29 is 4.79 Å². The number of nitrogens with zero attached hydrogens (tertiary/aromatic N) is 2. The van der Waals surface area contributed by atoms with Gasteiger partial charge in [-0.1, -0.05) is 6.07 Å². The highest BCUT2D eigenvalue weighted by atomic mass is 16.2. The molecule has 0 spiro atoms. The van der Waals surface area contributed by atoms with Crippen LogP contribution < -0.4 is 16.6 Å². The van der Waals surface area contributed by atoms with Crippen molar-refractivity contribution in [1.29, 1.82) is 0 Å². The van der Waals surface area contributed by atoms with E-state index in [4.69, 9.17) is 5.84 Å². The third-order valence-corrected chi connectivity index (χ3v) is 2.68.